The molecule has 1 saturated heterocycles. The van der Waals surface area contributed by atoms with E-state index in [1.54, 1.807) is 73.8 Å². The molecule has 0 aromatic heterocycles. The van der Waals surface area contributed by atoms with Gasteiger partial charge in [-0.2, -0.15) is 0 Å². The summed E-state index contributed by atoms with van der Waals surface area (Å²) in [5, 5.41) is 14.4. The Labute approximate surface area is 279 Å². The third-order valence-corrected chi connectivity index (χ3v) is 8.96. The molecule has 1 fully saturated rings. The van der Waals surface area contributed by atoms with Crippen molar-refractivity contribution in [2.75, 3.05) is 30.9 Å². The lowest BCUT2D eigenvalue weighted by Crippen LogP contribution is -2.71. The van der Waals surface area contributed by atoms with Crippen molar-refractivity contribution in [1.82, 2.24) is 15.5 Å². The van der Waals surface area contributed by atoms with Crippen LogP contribution in [0.5, 0.6) is 5.75 Å². The van der Waals surface area contributed by atoms with Gasteiger partial charge in [-0.3, -0.25) is 28.9 Å². The number of ether oxygens (including phenoxy) is 2. The average Bonchev–Trinajstić information content (AvgIpc) is 3.10. The van der Waals surface area contributed by atoms with Crippen molar-refractivity contribution in [2.24, 2.45) is 0 Å². The van der Waals surface area contributed by atoms with Gasteiger partial charge in [0.25, 0.3) is 17.7 Å². The molecule has 13 nitrogen and oxygen atoms in total. The zero-order valence-corrected chi connectivity index (χ0v) is 26.8. The lowest BCUT2D eigenvalue weighted by atomic mass is 10.0. The van der Waals surface area contributed by atoms with Gasteiger partial charge in [0.1, 0.15) is 35.5 Å². The highest BCUT2D eigenvalue weighted by molar-refractivity contribution is 8.00. The second kappa shape index (κ2) is 14.9. The predicted molar refractivity (Wildman–Crippen MR) is 175 cm³/mol. The fraction of sp³-hybridized carbons (Fsp3) is 0.235. The van der Waals surface area contributed by atoms with Crippen LogP contribution in [0.3, 0.4) is 0 Å². The van der Waals surface area contributed by atoms with Crippen LogP contribution in [0.15, 0.2) is 96.2 Å². The number of nitrogens with one attached hydrogen (secondary N) is 2. The van der Waals surface area contributed by atoms with Crippen LogP contribution in [0.2, 0.25) is 0 Å². The van der Waals surface area contributed by atoms with Crippen molar-refractivity contribution in [3.63, 3.8) is 0 Å². The molecule has 0 radical (unpaired) electrons. The van der Waals surface area contributed by atoms with Gasteiger partial charge < -0.3 is 30.1 Å². The van der Waals surface area contributed by atoms with Gasteiger partial charge in [0, 0.05) is 31.0 Å². The fourth-order valence-electron chi connectivity index (χ4n) is 5.23. The maximum atomic E-state index is 13.6. The first-order valence-electron chi connectivity index (χ1n) is 14.8. The predicted octanol–water partition coefficient (Wildman–Crippen LogP) is 2.50. The van der Waals surface area contributed by atoms with Crippen molar-refractivity contribution in [3.8, 4) is 5.75 Å². The Balaban J connectivity index is 1.27. The van der Waals surface area contributed by atoms with Crippen LogP contribution < -0.4 is 20.3 Å². The van der Waals surface area contributed by atoms with E-state index in [0.29, 0.717) is 11.3 Å². The van der Waals surface area contributed by atoms with Gasteiger partial charge in [0.2, 0.25) is 5.91 Å². The van der Waals surface area contributed by atoms with E-state index in [4.69, 9.17) is 9.47 Å². The number of hydrogen-bond acceptors (Lipinski definition) is 9. The summed E-state index contributed by atoms with van der Waals surface area (Å²) in [6.45, 7) is 0.395. The van der Waals surface area contributed by atoms with E-state index in [9.17, 15) is 33.9 Å². The summed E-state index contributed by atoms with van der Waals surface area (Å²) in [5.74, 6) is -3.98. The number of hydrogen-bond donors (Lipinski definition) is 3. The standard InChI is InChI=1S/C34H32N4O9S/c1-20(39)46-17-22-19-48-33-28(32(43)38(33)29(22)34(44)45)36-30(41)27(21-11-5-3-6-12-21)35-26(40)18-47-25-16-10-9-15-24(25)31(42)37(2)23-13-7-4-8-14-23/h3-16,27-28,33H,17-19H2,1-2H3,(H,35,40)(H,36,41)(H,44,45)/t27-,28+,33+/m0/s1. The molecular formula is C34H32N4O9S. The summed E-state index contributed by atoms with van der Waals surface area (Å²) in [6.07, 6.45) is 0. The molecule has 248 valence electrons. The number of benzene rings is 3. The minimum atomic E-state index is -1.36. The number of esters is 1. The first kappa shape index (κ1) is 33.7. The number of rotatable bonds is 12. The lowest BCUT2D eigenvalue weighted by molar-refractivity contribution is -0.151. The van der Waals surface area contributed by atoms with E-state index in [1.807, 2.05) is 18.2 Å². The molecule has 14 heteroatoms. The number of carbonyl (C=O) groups excluding carboxylic acids is 5. The number of thioether (sulfide) groups is 1. The van der Waals surface area contributed by atoms with Crippen molar-refractivity contribution < 1.29 is 43.3 Å². The Morgan fingerprint density at radius 1 is 0.979 bits per heavy atom. The number of nitrogens with zero attached hydrogens (tertiary/aromatic N) is 2. The van der Waals surface area contributed by atoms with Crippen molar-refractivity contribution in [1.29, 1.82) is 0 Å². The average molecular weight is 673 g/mol. The zero-order chi connectivity index (χ0) is 34.4. The summed E-state index contributed by atoms with van der Waals surface area (Å²) >= 11 is 1.22. The highest BCUT2D eigenvalue weighted by Crippen LogP contribution is 2.40. The largest absolute Gasteiger partial charge is 0.483 e. The molecule has 3 N–H and O–H groups in total. The molecule has 0 bridgehead atoms. The van der Waals surface area contributed by atoms with E-state index in [2.05, 4.69) is 10.6 Å². The Morgan fingerprint density at radius 3 is 2.29 bits per heavy atom. The van der Waals surface area contributed by atoms with E-state index in [-0.39, 0.29) is 40.9 Å². The van der Waals surface area contributed by atoms with Crippen molar-refractivity contribution in [3.05, 3.63) is 107 Å². The second-order valence-electron chi connectivity index (χ2n) is 10.8. The zero-order valence-electron chi connectivity index (χ0n) is 26.0. The highest BCUT2D eigenvalue weighted by atomic mass is 32.2. The lowest BCUT2D eigenvalue weighted by Gasteiger charge is -2.49. The number of carboxylic acid groups (broad SMARTS) is 1. The smallest absolute Gasteiger partial charge is 0.352 e. The number of para-hydroxylation sites is 2. The number of amides is 4. The molecule has 0 saturated carbocycles. The first-order valence-corrected chi connectivity index (χ1v) is 15.8. The number of fused-ring (bicyclic) bond motifs is 1. The minimum Gasteiger partial charge on any atom is -0.483 e. The Bertz CT molecular complexity index is 1770. The van der Waals surface area contributed by atoms with Gasteiger partial charge in [0.15, 0.2) is 6.61 Å². The molecule has 48 heavy (non-hydrogen) atoms. The van der Waals surface area contributed by atoms with E-state index < -0.39 is 53.7 Å². The molecule has 0 aliphatic carbocycles. The van der Waals surface area contributed by atoms with Gasteiger partial charge >= 0.3 is 11.9 Å². The topological polar surface area (TPSA) is 172 Å². The summed E-state index contributed by atoms with van der Waals surface area (Å²) in [5.41, 5.74) is 1.32. The molecule has 0 unspecified atom stereocenters. The summed E-state index contributed by atoms with van der Waals surface area (Å²) in [4.78, 5) is 79.0. The SMILES string of the molecule is CC(=O)OCC1=C(C(=O)O)N2C(=O)[C@@H](NC(=O)[C@@H](NC(=O)COc3ccccc3C(=O)N(C)c3ccccc3)c3ccccc3)[C@H]2SC1. The first-order chi connectivity index (χ1) is 23.1. The number of aliphatic carboxylic acids is 1. The quantitative estimate of drug-likeness (QED) is 0.192. The maximum absolute atomic E-state index is 13.6. The maximum Gasteiger partial charge on any atom is 0.352 e. The van der Waals surface area contributed by atoms with Gasteiger partial charge in [-0.1, -0.05) is 60.7 Å². The highest BCUT2D eigenvalue weighted by Gasteiger charge is 2.54. The van der Waals surface area contributed by atoms with Gasteiger partial charge in [-0.25, -0.2) is 4.79 Å². The number of carboxylic acids is 1. The molecule has 2 aliphatic heterocycles. The van der Waals surface area contributed by atoms with Gasteiger partial charge in [-0.15, -0.1) is 11.8 Å². The number of carbonyl (C=O) groups is 6. The van der Waals surface area contributed by atoms with E-state index >= 15 is 0 Å². The van der Waals surface area contributed by atoms with Crippen LogP contribution >= 0.6 is 11.8 Å². The summed E-state index contributed by atoms with van der Waals surface area (Å²) in [6, 6.07) is 21.6. The molecule has 5 rings (SSSR count). The number of β-lactam (4-membered cyclic amide) rings is 1. The molecule has 3 atom stereocenters. The third kappa shape index (κ3) is 7.33. The Kier molecular flexibility index (Phi) is 10.4. The molecule has 3 aromatic carbocycles. The molecule has 2 aliphatic rings. The van der Waals surface area contributed by atoms with Gasteiger partial charge in [-0.05, 0) is 29.8 Å². The molecular weight excluding hydrogens is 640 g/mol. The Hall–Kier alpha value is -5.63. The van der Waals surface area contributed by atoms with E-state index in [0.717, 1.165) is 4.90 Å². The summed E-state index contributed by atoms with van der Waals surface area (Å²) in [7, 11) is 1.63. The van der Waals surface area contributed by atoms with Crippen molar-refractivity contribution in [2.45, 2.75) is 24.4 Å². The Morgan fingerprint density at radius 2 is 1.62 bits per heavy atom. The molecule has 3 aromatic rings. The van der Waals surface area contributed by atoms with Crippen LogP contribution in [0.1, 0.15) is 28.9 Å². The number of anilines is 1. The van der Waals surface area contributed by atoms with E-state index in [1.165, 1.54) is 23.6 Å². The van der Waals surface area contributed by atoms with Crippen LogP contribution in [0, 0.1) is 0 Å². The monoisotopic (exact) mass is 672 g/mol. The molecule has 4 amide bonds. The molecule has 2 heterocycles. The normalized spacial score (nSPS) is 17.3. The van der Waals surface area contributed by atoms with Gasteiger partial charge in [0.05, 0.1) is 5.56 Å². The van der Waals surface area contributed by atoms with Crippen LogP contribution in [-0.2, 0) is 28.7 Å². The second-order valence-corrected chi connectivity index (χ2v) is 11.9. The van der Waals surface area contributed by atoms with Crippen LogP contribution in [0.4, 0.5) is 5.69 Å². The minimum absolute atomic E-state index is 0.164. The summed E-state index contributed by atoms with van der Waals surface area (Å²) < 4.78 is 10.7. The van der Waals surface area contributed by atoms with Crippen LogP contribution in [0.25, 0.3) is 0 Å². The fourth-order valence-corrected chi connectivity index (χ4v) is 6.56. The molecule has 0 spiro atoms. The van der Waals surface area contributed by atoms with Crippen LogP contribution in [-0.4, -0.2) is 83.0 Å². The van der Waals surface area contributed by atoms with Crippen molar-refractivity contribution >= 4 is 53.0 Å². The third-order valence-electron chi connectivity index (χ3n) is 7.62.